The first-order valence-corrected chi connectivity index (χ1v) is 10.6. The number of carboxylic acids is 2. The number of carbonyl (C=O) groups is 2. The molecule has 0 atom stereocenters. The number of carboxylic acid groups (broad SMARTS) is 2. The molecule has 9 heteroatoms. The zero-order chi connectivity index (χ0) is 24.4. The number of fused-ring (bicyclic) bond motifs is 1. The Kier molecular flexibility index (Phi) is 10.0. The highest BCUT2D eigenvalue weighted by atomic mass is 35.5. The molecular weight excluding hydrogens is 450 g/mol. The molecule has 0 saturated heterocycles. The second kappa shape index (κ2) is 12.7. The number of methoxy groups -OCH3 is 2. The van der Waals surface area contributed by atoms with Gasteiger partial charge in [-0.1, -0.05) is 17.7 Å². The summed E-state index contributed by atoms with van der Waals surface area (Å²) >= 11 is 6.43. The van der Waals surface area contributed by atoms with E-state index in [0.717, 1.165) is 53.8 Å². The summed E-state index contributed by atoms with van der Waals surface area (Å²) in [4.78, 5) is 21.4. The fourth-order valence-electron chi connectivity index (χ4n) is 3.40. The predicted molar refractivity (Wildman–Crippen MR) is 125 cm³/mol. The third-order valence-corrected chi connectivity index (χ3v) is 5.44. The van der Waals surface area contributed by atoms with Gasteiger partial charge in [0.15, 0.2) is 0 Å². The fraction of sp³-hybridized carbons (Fsp3) is 0.333. The van der Waals surface area contributed by atoms with Crippen LogP contribution in [0, 0.1) is 0 Å². The van der Waals surface area contributed by atoms with E-state index in [0.29, 0.717) is 18.8 Å². The second-order valence-corrected chi connectivity index (χ2v) is 7.65. The Morgan fingerprint density at radius 1 is 0.939 bits per heavy atom. The van der Waals surface area contributed by atoms with Crippen LogP contribution in [0.3, 0.4) is 0 Å². The van der Waals surface area contributed by atoms with Gasteiger partial charge in [0.25, 0.3) is 0 Å². The minimum absolute atomic E-state index is 0.386. The maximum absolute atomic E-state index is 9.55. The first-order valence-electron chi connectivity index (χ1n) is 10.2. The van der Waals surface area contributed by atoms with Gasteiger partial charge in [0.05, 0.1) is 19.8 Å². The van der Waals surface area contributed by atoms with Crippen LogP contribution in [-0.2, 0) is 29.0 Å². The van der Waals surface area contributed by atoms with Gasteiger partial charge in [-0.3, -0.25) is 0 Å². The van der Waals surface area contributed by atoms with Gasteiger partial charge in [-0.05, 0) is 49.7 Å². The number of aliphatic carboxylic acids is 2. The van der Waals surface area contributed by atoms with Crippen molar-refractivity contribution in [3.8, 4) is 17.2 Å². The van der Waals surface area contributed by atoms with E-state index in [2.05, 4.69) is 11.9 Å². The van der Waals surface area contributed by atoms with Crippen LogP contribution in [0.4, 0.5) is 0 Å². The van der Waals surface area contributed by atoms with Crippen molar-refractivity contribution in [3.63, 3.8) is 0 Å². The normalized spacial score (nSPS) is 13.3. The molecule has 0 amide bonds. The van der Waals surface area contributed by atoms with Crippen molar-refractivity contribution >= 4 is 23.5 Å². The fourth-order valence-corrected chi connectivity index (χ4v) is 3.67. The highest BCUT2D eigenvalue weighted by molar-refractivity contribution is 6.31. The lowest BCUT2D eigenvalue weighted by Crippen LogP contribution is -2.20. The molecule has 1 heterocycles. The van der Waals surface area contributed by atoms with Crippen LogP contribution in [0.25, 0.3) is 0 Å². The van der Waals surface area contributed by atoms with Gasteiger partial charge < -0.3 is 29.3 Å². The number of halogens is 1. The van der Waals surface area contributed by atoms with Gasteiger partial charge in [0, 0.05) is 35.8 Å². The molecule has 0 spiro atoms. The van der Waals surface area contributed by atoms with E-state index in [9.17, 15) is 9.59 Å². The molecule has 0 bridgehead atoms. The summed E-state index contributed by atoms with van der Waals surface area (Å²) in [6.45, 7) is 2.40. The average Bonchev–Trinajstić information content (AvgIpc) is 3.00. The lowest BCUT2D eigenvalue weighted by atomic mass is 10.0. The van der Waals surface area contributed by atoms with Gasteiger partial charge >= 0.3 is 11.9 Å². The smallest absolute Gasteiger partial charge is 0.328 e. The van der Waals surface area contributed by atoms with Crippen molar-refractivity contribution in [1.82, 2.24) is 4.90 Å². The second-order valence-electron chi connectivity index (χ2n) is 7.25. The van der Waals surface area contributed by atoms with Gasteiger partial charge in [-0.25, -0.2) is 9.59 Å². The number of hydrogen-bond donors (Lipinski definition) is 2. The molecule has 0 fully saturated rings. The summed E-state index contributed by atoms with van der Waals surface area (Å²) in [7, 11) is 5.45. The number of benzene rings is 2. The molecule has 0 radical (unpaired) electrons. The number of hydrogen-bond acceptors (Lipinski definition) is 6. The van der Waals surface area contributed by atoms with E-state index >= 15 is 0 Å². The molecular formula is C24H28ClNO7. The number of likely N-dealkylation sites (N-methyl/N-ethyl adjacent to an activating group) is 1. The van der Waals surface area contributed by atoms with E-state index in [1.165, 1.54) is 11.1 Å². The molecule has 33 heavy (non-hydrogen) atoms. The third kappa shape index (κ3) is 7.69. The highest BCUT2D eigenvalue weighted by Gasteiger charge is 2.19. The standard InChI is InChI=1S/C20H24ClNO3.C4H4O4/c1-22-11-9-14-15(10-12-22)20(8-7-17(14)21)25-13-16-18(23-2)5-4-6-19(16)24-3;5-3(6)1-2-4(7)8/h4-8H,9-13H2,1-3H3;1-2H,(H,5,6)(H,7,8). The SMILES string of the molecule is COc1cccc(OC)c1COc1ccc(Cl)c2c1CCN(C)CC2.O=C(O)C=CC(=O)O. The van der Waals surface area contributed by atoms with Crippen LogP contribution in [0.5, 0.6) is 17.2 Å². The maximum Gasteiger partial charge on any atom is 0.328 e. The quantitative estimate of drug-likeness (QED) is 0.582. The molecule has 1 aliphatic rings. The number of nitrogens with zero attached hydrogens (tertiary/aromatic N) is 1. The molecule has 2 aromatic carbocycles. The molecule has 2 aromatic rings. The topological polar surface area (TPSA) is 106 Å². The molecule has 8 nitrogen and oxygen atoms in total. The van der Waals surface area contributed by atoms with Crippen molar-refractivity contribution < 1.29 is 34.0 Å². The van der Waals surface area contributed by atoms with Crippen LogP contribution >= 0.6 is 11.6 Å². The first kappa shape index (κ1) is 26.0. The van der Waals surface area contributed by atoms with Crippen LogP contribution in [-0.4, -0.2) is 61.4 Å². The van der Waals surface area contributed by atoms with E-state index in [4.69, 9.17) is 36.0 Å². The molecule has 2 N–H and O–H groups in total. The predicted octanol–water partition coefficient (Wildman–Crippen LogP) is 3.68. The summed E-state index contributed by atoms with van der Waals surface area (Å²) in [6, 6.07) is 9.64. The number of ether oxygens (including phenoxy) is 3. The third-order valence-electron chi connectivity index (χ3n) is 5.09. The Morgan fingerprint density at radius 3 is 2.00 bits per heavy atom. The minimum atomic E-state index is -1.26. The zero-order valence-corrected chi connectivity index (χ0v) is 19.6. The van der Waals surface area contributed by atoms with Crippen LogP contribution in [0.2, 0.25) is 5.02 Å². The summed E-state index contributed by atoms with van der Waals surface area (Å²) in [5.74, 6) is -0.0965. The summed E-state index contributed by atoms with van der Waals surface area (Å²) in [5.41, 5.74) is 3.32. The van der Waals surface area contributed by atoms with E-state index in [-0.39, 0.29) is 0 Å². The lowest BCUT2D eigenvalue weighted by Gasteiger charge is -2.17. The van der Waals surface area contributed by atoms with Gasteiger partial charge in [0.2, 0.25) is 0 Å². The van der Waals surface area contributed by atoms with E-state index in [1.54, 1.807) is 14.2 Å². The molecule has 178 valence electrons. The average molecular weight is 478 g/mol. The Bertz CT molecular complexity index is 968. The van der Waals surface area contributed by atoms with Crippen molar-refractivity contribution in [2.45, 2.75) is 19.4 Å². The highest BCUT2D eigenvalue weighted by Crippen LogP contribution is 2.34. The van der Waals surface area contributed by atoms with Crippen LogP contribution < -0.4 is 14.2 Å². The van der Waals surface area contributed by atoms with E-state index in [1.807, 2.05) is 30.3 Å². The van der Waals surface area contributed by atoms with Gasteiger partial charge in [-0.2, -0.15) is 0 Å². The summed E-state index contributed by atoms with van der Waals surface area (Å²) < 4.78 is 17.1. The molecule has 0 saturated carbocycles. The molecule has 0 aromatic heterocycles. The van der Waals surface area contributed by atoms with Gasteiger partial charge in [0.1, 0.15) is 23.9 Å². The monoisotopic (exact) mass is 477 g/mol. The first-order chi connectivity index (χ1) is 15.8. The van der Waals surface area contributed by atoms with Gasteiger partial charge in [-0.15, -0.1) is 0 Å². The van der Waals surface area contributed by atoms with Crippen molar-refractivity contribution in [2.75, 3.05) is 34.4 Å². The zero-order valence-electron chi connectivity index (χ0n) is 18.8. The Labute approximate surface area is 197 Å². The van der Waals surface area contributed by atoms with Crippen LogP contribution in [0.1, 0.15) is 16.7 Å². The maximum atomic E-state index is 9.55. The summed E-state index contributed by atoms with van der Waals surface area (Å²) in [5, 5.41) is 16.5. The Balaban J connectivity index is 0.000000414. The molecule has 3 rings (SSSR count). The largest absolute Gasteiger partial charge is 0.496 e. The summed E-state index contributed by atoms with van der Waals surface area (Å²) in [6.07, 6.45) is 3.00. The van der Waals surface area contributed by atoms with Crippen molar-refractivity contribution in [1.29, 1.82) is 0 Å². The minimum Gasteiger partial charge on any atom is -0.496 e. The van der Waals surface area contributed by atoms with Crippen molar-refractivity contribution in [3.05, 3.63) is 64.2 Å². The molecule has 0 aliphatic carbocycles. The van der Waals surface area contributed by atoms with Crippen molar-refractivity contribution in [2.24, 2.45) is 0 Å². The van der Waals surface area contributed by atoms with Crippen LogP contribution in [0.15, 0.2) is 42.5 Å². The Morgan fingerprint density at radius 2 is 1.48 bits per heavy atom. The molecule has 0 unspecified atom stereocenters. The lowest BCUT2D eigenvalue weighted by molar-refractivity contribution is -0.134. The molecule has 1 aliphatic heterocycles. The number of rotatable bonds is 7. The Hall–Kier alpha value is -3.23. The van der Waals surface area contributed by atoms with E-state index < -0.39 is 11.9 Å².